The Labute approximate surface area is 243 Å². The molecule has 0 spiro atoms. The first kappa shape index (κ1) is 26.9. The number of hydrogen-bond donors (Lipinski definition) is 0. The number of ether oxygens (including phenoxy) is 2. The summed E-state index contributed by atoms with van der Waals surface area (Å²) in [6.07, 6.45) is 5.19. The zero-order valence-corrected chi connectivity index (χ0v) is 24.1. The summed E-state index contributed by atoms with van der Waals surface area (Å²) in [5.41, 5.74) is 5.55. The summed E-state index contributed by atoms with van der Waals surface area (Å²) in [7, 11) is 0. The second-order valence-electron chi connectivity index (χ2n) is 10.9. The maximum Gasteiger partial charge on any atom is 0.141 e. The molecule has 0 N–H and O–H groups in total. The van der Waals surface area contributed by atoms with Crippen LogP contribution in [0.25, 0.3) is 22.4 Å². The molecule has 6 rings (SSSR count). The number of benzene rings is 4. The van der Waals surface area contributed by atoms with Crippen LogP contribution in [0.3, 0.4) is 0 Å². The first-order chi connectivity index (χ1) is 20.2. The highest BCUT2D eigenvalue weighted by atomic mass is 16.5. The van der Waals surface area contributed by atoms with E-state index < -0.39 is 0 Å². The first-order valence-corrected chi connectivity index (χ1v) is 15.0. The standard InChI is InChI=1S/C36H39N3O2/c1-3-38(4-2)30-15-10-16-32(23-30)41-33-21-22-34-35(24-33)39(25-27-11-8-9-12-27)36(37-34)29-17-19-31(20-18-29)40-26-28-13-6-5-7-14-28/h5-7,10,13-24,27H,3-4,8-9,11-12,25-26H2,1-2H3. The van der Waals surface area contributed by atoms with E-state index >= 15 is 0 Å². The average molecular weight is 546 g/mol. The highest BCUT2D eigenvalue weighted by molar-refractivity contribution is 5.82. The molecule has 1 saturated carbocycles. The summed E-state index contributed by atoms with van der Waals surface area (Å²) in [6, 6.07) is 33.3. The molecule has 210 valence electrons. The molecule has 0 bridgehead atoms. The Morgan fingerprint density at radius 3 is 2.27 bits per heavy atom. The predicted octanol–water partition coefficient (Wildman–Crippen LogP) is 9.11. The van der Waals surface area contributed by atoms with E-state index in [0.29, 0.717) is 12.5 Å². The molecule has 41 heavy (non-hydrogen) atoms. The Morgan fingerprint density at radius 2 is 1.51 bits per heavy atom. The van der Waals surface area contributed by atoms with E-state index in [2.05, 4.69) is 90.0 Å². The number of rotatable bonds is 11. The minimum Gasteiger partial charge on any atom is -0.489 e. The second kappa shape index (κ2) is 12.5. The molecule has 1 aromatic heterocycles. The van der Waals surface area contributed by atoms with E-state index in [4.69, 9.17) is 14.5 Å². The zero-order chi connectivity index (χ0) is 28.0. The van der Waals surface area contributed by atoms with Crippen molar-refractivity contribution in [2.24, 2.45) is 5.92 Å². The van der Waals surface area contributed by atoms with Crippen LogP contribution in [0.5, 0.6) is 17.2 Å². The molecule has 1 aliphatic rings. The summed E-state index contributed by atoms with van der Waals surface area (Å²) in [5.74, 6) is 4.22. The van der Waals surface area contributed by atoms with E-state index in [1.165, 1.54) is 31.4 Å². The largest absolute Gasteiger partial charge is 0.489 e. The van der Waals surface area contributed by atoms with E-state index in [1.807, 2.05) is 30.3 Å². The molecule has 1 fully saturated rings. The third kappa shape index (κ3) is 6.25. The molecule has 5 nitrogen and oxygen atoms in total. The van der Waals surface area contributed by atoms with Crippen LogP contribution >= 0.6 is 0 Å². The molecule has 1 aliphatic carbocycles. The van der Waals surface area contributed by atoms with Crippen LogP contribution < -0.4 is 14.4 Å². The van der Waals surface area contributed by atoms with Gasteiger partial charge in [-0.2, -0.15) is 0 Å². The van der Waals surface area contributed by atoms with Crippen molar-refractivity contribution >= 4 is 16.7 Å². The van der Waals surface area contributed by atoms with Crippen molar-refractivity contribution in [3.05, 3.63) is 103 Å². The molecular weight excluding hydrogens is 506 g/mol. The highest BCUT2D eigenvalue weighted by Crippen LogP contribution is 2.34. The highest BCUT2D eigenvalue weighted by Gasteiger charge is 2.21. The number of anilines is 1. The maximum absolute atomic E-state index is 6.40. The van der Waals surface area contributed by atoms with Crippen LogP contribution in [0.4, 0.5) is 5.69 Å². The Kier molecular flexibility index (Phi) is 8.22. The van der Waals surface area contributed by atoms with Gasteiger partial charge in [-0.3, -0.25) is 0 Å². The fraction of sp³-hybridized carbons (Fsp3) is 0.306. The monoisotopic (exact) mass is 545 g/mol. The van der Waals surface area contributed by atoms with E-state index in [9.17, 15) is 0 Å². The van der Waals surface area contributed by atoms with Crippen molar-refractivity contribution < 1.29 is 9.47 Å². The van der Waals surface area contributed by atoms with E-state index in [0.717, 1.165) is 64.9 Å². The predicted molar refractivity (Wildman–Crippen MR) is 168 cm³/mol. The van der Waals surface area contributed by atoms with Gasteiger partial charge in [-0.05, 0) is 86.7 Å². The molecular formula is C36H39N3O2. The second-order valence-corrected chi connectivity index (χ2v) is 10.9. The molecule has 5 aromatic rings. The third-order valence-electron chi connectivity index (χ3n) is 8.18. The maximum atomic E-state index is 6.40. The zero-order valence-electron chi connectivity index (χ0n) is 24.1. The Bertz CT molecular complexity index is 1570. The van der Waals surface area contributed by atoms with Gasteiger partial charge in [0.05, 0.1) is 11.0 Å². The molecule has 1 heterocycles. The van der Waals surface area contributed by atoms with Crippen molar-refractivity contribution in [3.8, 4) is 28.6 Å². The average Bonchev–Trinajstić information content (AvgIpc) is 3.66. The lowest BCUT2D eigenvalue weighted by atomic mass is 10.1. The smallest absolute Gasteiger partial charge is 0.141 e. The van der Waals surface area contributed by atoms with Gasteiger partial charge in [0.1, 0.15) is 29.7 Å². The van der Waals surface area contributed by atoms with Gasteiger partial charge in [0.25, 0.3) is 0 Å². The van der Waals surface area contributed by atoms with Gasteiger partial charge in [-0.15, -0.1) is 0 Å². The number of aromatic nitrogens is 2. The summed E-state index contributed by atoms with van der Waals surface area (Å²) in [4.78, 5) is 7.45. The van der Waals surface area contributed by atoms with Gasteiger partial charge >= 0.3 is 0 Å². The quantitative estimate of drug-likeness (QED) is 0.166. The van der Waals surface area contributed by atoms with Crippen LogP contribution in [0.1, 0.15) is 45.1 Å². The minimum atomic E-state index is 0.557. The number of fused-ring (bicyclic) bond motifs is 1. The van der Waals surface area contributed by atoms with E-state index in [-0.39, 0.29) is 0 Å². The SMILES string of the molecule is CCN(CC)c1cccc(Oc2ccc3nc(-c4ccc(OCc5ccccc5)cc4)n(CC4CCCC4)c3c2)c1. The minimum absolute atomic E-state index is 0.557. The van der Waals surface area contributed by atoms with Crippen molar-refractivity contribution in [3.63, 3.8) is 0 Å². The summed E-state index contributed by atoms with van der Waals surface area (Å²) in [5, 5.41) is 0. The molecule has 0 saturated heterocycles. The molecule has 0 amide bonds. The van der Waals surface area contributed by atoms with Crippen molar-refractivity contribution in [1.82, 2.24) is 9.55 Å². The lowest BCUT2D eigenvalue weighted by Gasteiger charge is -2.21. The fourth-order valence-electron chi connectivity index (χ4n) is 5.93. The number of nitrogens with zero attached hydrogens (tertiary/aromatic N) is 3. The Morgan fingerprint density at radius 1 is 0.780 bits per heavy atom. The Hall–Kier alpha value is -4.25. The first-order valence-electron chi connectivity index (χ1n) is 15.0. The van der Waals surface area contributed by atoms with Gasteiger partial charge in [0.2, 0.25) is 0 Å². The number of hydrogen-bond acceptors (Lipinski definition) is 4. The molecule has 4 aromatic carbocycles. The van der Waals surface area contributed by atoms with Crippen LogP contribution in [-0.2, 0) is 13.2 Å². The van der Waals surface area contributed by atoms with Crippen LogP contribution in [-0.4, -0.2) is 22.6 Å². The summed E-state index contributed by atoms with van der Waals surface area (Å²) in [6.45, 7) is 7.82. The van der Waals surface area contributed by atoms with Gasteiger partial charge in [-0.25, -0.2) is 4.98 Å². The van der Waals surface area contributed by atoms with Crippen molar-refractivity contribution in [2.75, 3.05) is 18.0 Å². The third-order valence-corrected chi connectivity index (χ3v) is 8.18. The van der Waals surface area contributed by atoms with Crippen LogP contribution in [0.15, 0.2) is 97.1 Å². The van der Waals surface area contributed by atoms with Gasteiger partial charge in [-0.1, -0.05) is 49.2 Å². The van der Waals surface area contributed by atoms with Crippen LogP contribution in [0, 0.1) is 5.92 Å². The number of imidazole rings is 1. The molecule has 0 aliphatic heterocycles. The Balaban J connectivity index is 1.28. The summed E-state index contributed by atoms with van der Waals surface area (Å²) >= 11 is 0. The topological polar surface area (TPSA) is 39.5 Å². The molecule has 5 heteroatoms. The van der Waals surface area contributed by atoms with Gasteiger partial charge < -0.3 is 18.9 Å². The van der Waals surface area contributed by atoms with Crippen LogP contribution in [0.2, 0.25) is 0 Å². The van der Waals surface area contributed by atoms with Gasteiger partial charge in [0, 0.05) is 43.0 Å². The van der Waals surface area contributed by atoms with Crippen molar-refractivity contribution in [2.45, 2.75) is 52.7 Å². The lowest BCUT2D eigenvalue weighted by molar-refractivity contribution is 0.306. The normalized spacial score (nSPS) is 13.5. The van der Waals surface area contributed by atoms with Gasteiger partial charge in [0.15, 0.2) is 0 Å². The summed E-state index contributed by atoms with van der Waals surface area (Å²) < 4.78 is 14.9. The molecule has 0 radical (unpaired) electrons. The van der Waals surface area contributed by atoms with E-state index in [1.54, 1.807) is 0 Å². The van der Waals surface area contributed by atoms with Crippen molar-refractivity contribution in [1.29, 1.82) is 0 Å². The lowest BCUT2D eigenvalue weighted by Crippen LogP contribution is -2.21. The fourth-order valence-corrected chi connectivity index (χ4v) is 5.93. The molecule has 0 unspecified atom stereocenters. The molecule has 0 atom stereocenters.